The summed E-state index contributed by atoms with van der Waals surface area (Å²) in [6, 6.07) is 12.8. The summed E-state index contributed by atoms with van der Waals surface area (Å²) < 4.78 is 16.5. The second-order valence-electron chi connectivity index (χ2n) is 8.54. The number of hydrogen-bond acceptors (Lipinski definition) is 7. The fraction of sp³-hybridized carbons (Fsp3) is 0.296. The number of rotatable bonds is 11. The van der Waals surface area contributed by atoms with Crippen LogP contribution in [0.2, 0.25) is 0 Å². The van der Waals surface area contributed by atoms with E-state index in [0.29, 0.717) is 36.9 Å². The van der Waals surface area contributed by atoms with Gasteiger partial charge in [0.2, 0.25) is 11.8 Å². The van der Waals surface area contributed by atoms with Crippen molar-refractivity contribution < 1.29 is 23.6 Å². The van der Waals surface area contributed by atoms with Gasteiger partial charge in [-0.2, -0.15) is 0 Å². The molecule has 9 heteroatoms. The molecule has 0 atom stereocenters. The Hall–Kier alpha value is -4.11. The van der Waals surface area contributed by atoms with Gasteiger partial charge in [-0.05, 0) is 69.4 Å². The Balaban J connectivity index is 1.55. The minimum Gasteiger partial charge on any atom is -0.493 e. The normalized spacial score (nSPS) is 11.1. The van der Waals surface area contributed by atoms with Crippen LogP contribution >= 0.6 is 0 Å². The number of nitrogens with one attached hydrogen (secondary N) is 2. The highest BCUT2D eigenvalue weighted by Gasteiger charge is 2.12. The predicted molar refractivity (Wildman–Crippen MR) is 138 cm³/mol. The van der Waals surface area contributed by atoms with E-state index in [-0.39, 0.29) is 11.8 Å². The number of hydrogen-bond donors (Lipinski definition) is 2. The molecule has 1 heterocycles. The molecule has 9 nitrogen and oxygen atoms in total. The van der Waals surface area contributed by atoms with Crippen molar-refractivity contribution in [3.8, 4) is 11.5 Å². The topological polar surface area (TPSA) is 106 Å². The van der Waals surface area contributed by atoms with E-state index in [1.54, 1.807) is 30.2 Å². The van der Waals surface area contributed by atoms with Crippen LogP contribution in [-0.4, -0.2) is 49.6 Å². The highest BCUT2D eigenvalue weighted by Crippen LogP contribution is 2.30. The number of ether oxygens (including phenoxy) is 2. The van der Waals surface area contributed by atoms with Gasteiger partial charge in [-0.1, -0.05) is 23.4 Å². The van der Waals surface area contributed by atoms with E-state index in [9.17, 15) is 9.59 Å². The molecule has 0 saturated carbocycles. The average Bonchev–Trinajstić information content (AvgIpc) is 3.16. The van der Waals surface area contributed by atoms with Crippen LogP contribution in [0.3, 0.4) is 0 Å². The second kappa shape index (κ2) is 12.6. The lowest BCUT2D eigenvalue weighted by Gasteiger charge is -2.11. The summed E-state index contributed by atoms with van der Waals surface area (Å²) in [5.74, 6) is 1.52. The Labute approximate surface area is 211 Å². The van der Waals surface area contributed by atoms with Crippen molar-refractivity contribution in [3.05, 3.63) is 76.7 Å². The van der Waals surface area contributed by atoms with Crippen LogP contribution in [0.1, 0.15) is 28.1 Å². The Morgan fingerprint density at radius 1 is 1.11 bits per heavy atom. The van der Waals surface area contributed by atoms with E-state index in [1.165, 1.54) is 6.08 Å². The number of methoxy groups -OCH3 is 1. The first-order chi connectivity index (χ1) is 17.2. The van der Waals surface area contributed by atoms with Crippen LogP contribution in [0.25, 0.3) is 6.08 Å². The molecule has 0 saturated heterocycles. The van der Waals surface area contributed by atoms with Crippen molar-refractivity contribution in [1.29, 1.82) is 0 Å². The van der Waals surface area contributed by atoms with Gasteiger partial charge in [0.15, 0.2) is 11.5 Å². The maximum Gasteiger partial charge on any atom is 0.244 e. The van der Waals surface area contributed by atoms with Gasteiger partial charge in [-0.3, -0.25) is 9.59 Å². The number of benzene rings is 2. The molecule has 0 aliphatic rings. The molecule has 3 aromatic rings. The van der Waals surface area contributed by atoms with Gasteiger partial charge in [-0.25, -0.2) is 0 Å². The minimum atomic E-state index is -0.241. The Bertz CT molecular complexity index is 1210. The molecule has 0 aliphatic carbocycles. The first-order valence-corrected chi connectivity index (χ1v) is 11.5. The highest BCUT2D eigenvalue weighted by atomic mass is 16.5. The lowest BCUT2D eigenvalue weighted by atomic mass is 10.1. The smallest absolute Gasteiger partial charge is 0.244 e. The first kappa shape index (κ1) is 26.5. The zero-order valence-electron chi connectivity index (χ0n) is 21.3. The minimum absolute atomic E-state index is 0.0975. The third-order valence-electron chi connectivity index (χ3n) is 5.31. The molecule has 190 valence electrons. The molecule has 1 aromatic heterocycles. The average molecular weight is 493 g/mol. The van der Waals surface area contributed by atoms with Gasteiger partial charge in [0.1, 0.15) is 12.4 Å². The number of nitrogens with zero attached hydrogens (tertiary/aromatic N) is 2. The fourth-order valence-electron chi connectivity index (χ4n) is 3.43. The molecule has 0 fully saturated rings. The summed E-state index contributed by atoms with van der Waals surface area (Å²) in [4.78, 5) is 26.1. The molecule has 2 aromatic carbocycles. The molecule has 3 rings (SSSR count). The molecular formula is C27H32N4O5. The van der Waals surface area contributed by atoms with Crippen LogP contribution in [-0.2, 0) is 22.7 Å². The van der Waals surface area contributed by atoms with E-state index in [2.05, 4.69) is 15.8 Å². The number of amides is 2. The van der Waals surface area contributed by atoms with Gasteiger partial charge >= 0.3 is 0 Å². The largest absolute Gasteiger partial charge is 0.493 e. The summed E-state index contributed by atoms with van der Waals surface area (Å²) in [6.45, 7) is 4.65. The van der Waals surface area contributed by atoms with Gasteiger partial charge in [0.05, 0.1) is 24.9 Å². The highest BCUT2D eigenvalue weighted by molar-refractivity contribution is 5.93. The van der Waals surface area contributed by atoms with E-state index in [4.69, 9.17) is 14.0 Å². The molecular weight excluding hydrogens is 460 g/mol. The van der Waals surface area contributed by atoms with Crippen molar-refractivity contribution in [3.63, 3.8) is 0 Å². The third kappa shape index (κ3) is 7.71. The number of aryl methyl sites for hydroxylation is 2. The van der Waals surface area contributed by atoms with Gasteiger partial charge in [0, 0.05) is 18.3 Å². The molecule has 0 aliphatic heterocycles. The fourth-order valence-corrected chi connectivity index (χ4v) is 3.43. The molecule has 0 radical (unpaired) electrons. The zero-order chi connectivity index (χ0) is 26.1. The molecule has 0 bridgehead atoms. The predicted octanol–water partition coefficient (Wildman–Crippen LogP) is 3.71. The molecule has 0 spiro atoms. The van der Waals surface area contributed by atoms with Crippen LogP contribution in [0.4, 0.5) is 5.69 Å². The van der Waals surface area contributed by atoms with Crippen LogP contribution in [0.15, 0.2) is 53.1 Å². The summed E-state index contributed by atoms with van der Waals surface area (Å²) in [6.07, 6.45) is 3.16. The van der Waals surface area contributed by atoms with E-state index >= 15 is 0 Å². The van der Waals surface area contributed by atoms with Crippen LogP contribution in [0, 0.1) is 13.8 Å². The number of aromatic nitrogens is 1. The lowest BCUT2D eigenvalue weighted by Crippen LogP contribution is -2.27. The van der Waals surface area contributed by atoms with Gasteiger partial charge in [-0.15, -0.1) is 0 Å². The first-order valence-electron chi connectivity index (χ1n) is 11.5. The second-order valence-corrected chi connectivity index (χ2v) is 8.54. The van der Waals surface area contributed by atoms with Crippen molar-refractivity contribution >= 4 is 23.6 Å². The quantitative estimate of drug-likeness (QED) is 0.393. The summed E-state index contributed by atoms with van der Waals surface area (Å²) >= 11 is 0. The summed E-state index contributed by atoms with van der Waals surface area (Å²) in [7, 11) is 5.23. The van der Waals surface area contributed by atoms with Crippen molar-refractivity contribution in [2.45, 2.75) is 27.0 Å². The van der Waals surface area contributed by atoms with E-state index in [1.807, 2.05) is 58.3 Å². The lowest BCUT2D eigenvalue weighted by molar-refractivity contribution is -0.117. The standard InChI is InChI=1S/C27H32N4O5/c1-18-23(19(2)36-30-18)17-35-24-11-9-20(14-25(24)34-5)10-12-26(32)28-15-21-7-6-8-22(13-21)29-27(33)16-31(3)4/h6-14H,15-17H2,1-5H3,(H,28,32)(H,29,33). The van der Waals surface area contributed by atoms with Crippen LogP contribution in [0.5, 0.6) is 11.5 Å². The summed E-state index contributed by atoms with van der Waals surface area (Å²) in [5, 5.41) is 9.63. The van der Waals surface area contributed by atoms with Gasteiger partial charge < -0.3 is 29.5 Å². The Morgan fingerprint density at radius 3 is 2.61 bits per heavy atom. The molecule has 2 N–H and O–H groups in total. The van der Waals surface area contributed by atoms with Crippen molar-refractivity contribution in [1.82, 2.24) is 15.4 Å². The number of likely N-dealkylation sites (N-methyl/N-ethyl adjacent to an activating group) is 1. The maximum absolute atomic E-state index is 12.3. The summed E-state index contributed by atoms with van der Waals surface area (Å²) in [5.41, 5.74) is 4.04. The van der Waals surface area contributed by atoms with Crippen LogP contribution < -0.4 is 20.1 Å². The number of carbonyl (C=O) groups is 2. The monoisotopic (exact) mass is 492 g/mol. The third-order valence-corrected chi connectivity index (χ3v) is 5.31. The Morgan fingerprint density at radius 2 is 1.92 bits per heavy atom. The Kier molecular flexibility index (Phi) is 9.24. The SMILES string of the molecule is COc1cc(C=CC(=O)NCc2cccc(NC(=O)CN(C)C)c2)ccc1OCc1c(C)noc1C. The molecule has 2 amide bonds. The van der Waals surface area contributed by atoms with Crippen molar-refractivity contribution in [2.24, 2.45) is 0 Å². The maximum atomic E-state index is 12.3. The van der Waals surface area contributed by atoms with E-state index in [0.717, 1.165) is 28.1 Å². The molecule has 36 heavy (non-hydrogen) atoms. The number of carbonyl (C=O) groups excluding carboxylic acids is 2. The number of anilines is 1. The van der Waals surface area contributed by atoms with Gasteiger partial charge in [0.25, 0.3) is 0 Å². The van der Waals surface area contributed by atoms with Crippen molar-refractivity contribution in [2.75, 3.05) is 33.1 Å². The van der Waals surface area contributed by atoms with E-state index < -0.39 is 0 Å². The molecule has 0 unspecified atom stereocenters. The zero-order valence-corrected chi connectivity index (χ0v) is 21.3.